The van der Waals surface area contributed by atoms with Crippen molar-refractivity contribution in [3.05, 3.63) is 35.4 Å². The molecule has 1 aromatic carbocycles. The van der Waals surface area contributed by atoms with Crippen molar-refractivity contribution in [3.63, 3.8) is 0 Å². The third-order valence-corrected chi connectivity index (χ3v) is 1.72. The van der Waals surface area contributed by atoms with Gasteiger partial charge in [0, 0.05) is 0 Å². The second kappa shape index (κ2) is 4.23. The first-order valence-electron chi connectivity index (χ1n) is 3.90. The third kappa shape index (κ3) is 1.98. The number of aldehydes is 1. The highest BCUT2D eigenvalue weighted by Gasteiger charge is 2.08. The van der Waals surface area contributed by atoms with Gasteiger partial charge in [-0.1, -0.05) is 12.1 Å². The molecule has 0 aliphatic heterocycles. The van der Waals surface area contributed by atoms with Crippen LogP contribution in [-0.2, 0) is 4.79 Å². The molecule has 0 bridgehead atoms. The van der Waals surface area contributed by atoms with E-state index in [1.165, 1.54) is 18.2 Å². The standard InChI is InChI=1S/C10H9NO3/c11-9-7(4-2-6-12)3-1-5-8(9)10(13)14/h1-6H,11H2,(H,13,14). The lowest BCUT2D eigenvalue weighted by Crippen LogP contribution is -2.03. The first-order valence-corrected chi connectivity index (χ1v) is 3.90. The van der Waals surface area contributed by atoms with Crippen molar-refractivity contribution < 1.29 is 14.7 Å². The molecule has 0 aliphatic carbocycles. The summed E-state index contributed by atoms with van der Waals surface area (Å²) >= 11 is 0. The first kappa shape index (κ1) is 9.98. The van der Waals surface area contributed by atoms with Crippen molar-refractivity contribution in [1.29, 1.82) is 0 Å². The van der Waals surface area contributed by atoms with Gasteiger partial charge < -0.3 is 10.8 Å². The molecule has 0 saturated heterocycles. The van der Waals surface area contributed by atoms with Gasteiger partial charge >= 0.3 is 5.97 Å². The monoisotopic (exact) mass is 191 g/mol. The van der Waals surface area contributed by atoms with Gasteiger partial charge in [0.05, 0.1) is 11.3 Å². The lowest BCUT2D eigenvalue weighted by Gasteiger charge is -2.03. The van der Waals surface area contributed by atoms with E-state index < -0.39 is 5.97 Å². The zero-order valence-electron chi connectivity index (χ0n) is 7.31. The normalized spacial score (nSPS) is 10.3. The van der Waals surface area contributed by atoms with Crippen LogP contribution in [-0.4, -0.2) is 17.4 Å². The van der Waals surface area contributed by atoms with Gasteiger partial charge in [-0.3, -0.25) is 4.79 Å². The van der Waals surface area contributed by atoms with Crippen LogP contribution in [0.3, 0.4) is 0 Å². The molecule has 1 aromatic rings. The number of allylic oxidation sites excluding steroid dienone is 1. The molecule has 0 fully saturated rings. The molecule has 3 N–H and O–H groups in total. The third-order valence-electron chi connectivity index (χ3n) is 1.72. The van der Waals surface area contributed by atoms with Crippen molar-refractivity contribution >= 4 is 24.0 Å². The second-order valence-electron chi connectivity index (χ2n) is 2.61. The van der Waals surface area contributed by atoms with E-state index in [2.05, 4.69) is 0 Å². The Morgan fingerprint density at radius 2 is 2.14 bits per heavy atom. The van der Waals surface area contributed by atoms with E-state index in [0.717, 1.165) is 0 Å². The van der Waals surface area contributed by atoms with Crippen LogP contribution in [0, 0.1) is 0 Å². The number of aromatic carboxylic acids is 1. The van der Waals surface area contributed by atoms with Gasteiger partial charge in [-0.05, 0) is 23.8 Å². The van der Waals surface area contributed by atoms with Gasteiger partial charge in [0.15, 0.2) is 0 Å². The number of hydrogen-bond donors (Lipinski definition) is 2. The highest BCUT2D eigenvalue weighted by atomic mass is 16.4. The minimum atomic E-state index is -1.08. The molecule has 0 saturated carbocycles. The molecule has 0 amide bonds. The Kier molecular flexibility index (Phi) is 3.01. The molecule has 0 spiro atoms. The molecule has 72 valence electrons. The summed E-state index contributed by atoms with van der Waals surface area (Å²) in [6.45, 7) is 0. The smallest absolute Gasteiger partial charge is 0.337 e. The summed E-state index contributed by atoms with van der Waals surface area (Å²) in [4.78, 5) is 20.7. The highest BCUT2D eigenvalue weighted by Crippen LogP contribution is 2.18. The summed E-state index contributed by atoms with van der Waals surface area (Å²) in [6, 6.07) is 4.63. The number of anilines is 1. The topological polar surface area (TPSA) is 80.4 Å². The number of carbonyl (C=O) groups excluding carboxylic acids is 1. The second-order valence-corrected chi connectivity index (χ2v) is 2.61. The Labute approximate surface area is 80.7 Å². The number of carboxylic acids is 1. The van der Waals surface area contributed by atoms with Crippen molar-refractivity contribution in [2.45, 2.75) is 0 Å². The van der Waals surface area contributed by atoms with Crippen LogP contribution in [0.25, 0.3) is 6.08 Å². The van der Waals surface area contributed by atoms with Gasteiger partial charge in [-0.25, -0.2) is 4.79 Å². The molecule has 4 nitrogen and oxygen atoms in total. The van der Waals surface area contributed by atoms with E-state index >= 15 is 0 Å². The van der Waals surface area contributed by atoms with E-state index in [-0.39, 0.29) is 11.3 Å². The van der Waals surface area contributed by atoms with E-state index in [1.807, 2.05) is 0 Å². The Bertz CT molecular complexity index is 396. The van der Waals surface area contributed by atoms with E-state index in [0.29, 0.717) is 11.8 Å². The number of nitrogens with two attached hydrogens (primary N) is 1. The van der Waals surface area contributed by atoms with Crippen LogP contribution in [0.4, 0.5) is 5.69 Å². The molecule has 0 unspecified atom stereocenters. The summed E-state index contributed by atoms with van der Waals surface area (Å²) < 4.78 is 0. The molecule has 0 radical (unpaired) electrons. The molecule has 4 heteroatoms. The molecule has 0 atom stereocenters. The number of carbonyl (C=O) groups is 2. The Morgan fingerprint density at radius 3 is 2.71 bits per heavy atom. The molecule has 0 aromatic heterocycles. The summed E-state index contributed by atoms with van der Waals surface area (Å²) in [6.07, 6.45) is 3.33. The molecule has 0 heterocycles. The van der Waals surface area contributed by atoms with Crippen LogP contribution >= 0.6 is 0 Å². The van der Waals surface area contributed by atoms with E-state index in [1.54, 1.807) is 12.1 Å². The number of benzene rings is 1. The van der Waals surface area contributed by atoms with Crippen molar-refractivity contribution in [2.75, 3.05) is 5.73 Å². The largest absolute Gasteiger partial charge is 0.478 e. The summed E-state index contributed by atoms with van der Waals surface area (Å²) in [5.41, 5.74) is 6.31. The van der Waals surface area contributed by atoms with Crippen molar-refractivity contribution in [2.24, 2.45) is 0 Å². The molecule has 1 rings (SSSR count). The van der Waals surface area contributed by atoms with Crippen LogP contribution in [0.1, 0.15) is 15.9 Å². The van der Waals surface area contributed by atoms with Crippen LogP contribution in [0.5, 0.6) is 0 Å². The minimum absolute atomic E-state index is 0.0399. The molecule has 14 heavy (non-hydrogen) atoms. The molecular weight excluding hydrogens is 182 g/mol. The average molecular weight is 191 g/mol. The Balaban J connectivity index is 3.20. The fourth-order valence-corrected chi connectivity index (χ4v) is 1.06. The first-order chi connectivity index (χ1) is 6.66. The highest BCUT2D eigenvalue weighted by molar-refractivity contribution is 5.96. The Morgan fingerprint density at radius 1 is 1.43 bits per heavy atom. The maximum Gasteiger partial charge on any atom is 0.337 e. The molecule has 0 aliphatic rings. The van der Waals surface area contributed by atoms with Crippen molar-refractivity contribution in [1.82, 2.24) is 0 Å². The SMILES string of the molecule is Nc1c(C=CC=O)cccc1C(=O)O. The number of carboxylic acid groups (broad SMARTS) is 1. The number of para-hydroxylation sites is 1. The zero-order chi connectivity index (χ0) is 10.6. The predicted molar refractivity (Wildman–Crippen MR) is 52.9 cm³/mol. The number of hydrogen-bond acceptors (Lipinski definition) is 3. The number of nitrogen functional groups attached to an aromatic ring is 1. The fraction of sp³-hybridized carbons (Fsp3) is 0. The van der Waals surface area contributed by atoms with Crippen molar-refractivity contribution in [3.8, 4) is 0 Å². The molecular formula is C10H9NO3. The van der Waals surface area contributed by atoms with Gasteiger partial charge in [0.2, 0.25) is 0 Å². The maximum absolute atomic E-state index is 10.7. The van der Waals surface area contributed by atoms with Crippen LogP contribution < -0.4 is 5.73 Å². The van der Waals surface area contributed by atoms with Gasteiger partial charge in [0.1, 0.15) is 6.29 Å². The lowest BCUT2D eigenvalue weighted by atomic mass is 10.1. The van der Waals surface area contributed by atoms with E-state index in [9.17, 15) is 9.59 Å². The summed E-state index contributed by atoms with van der Waals surface area (Å²) in [5, 5.41) is 8.74. The zero-order valence-corrected chi connectivity index (χ0v) is 7.31. The summed E-state index contributed by atoms with van der Waals surface area (Å²) in [7, 11) is 0. The lowest BCUT2D eigenvalue weighted by molar-refractivity contribution is -0.104. The van der Waals surface area contributed by atoms with Gasteiger partial charge in [-0.15, -0.1) is 0 Å². The average Bonchev–Trinajstić information content (AvgIpc) is 2.16. The van der Waals surface area contributed by atoms with E-state index in [4.69, 9.17) is 10.8 Å². The minimum Gasteiger partial charge on any atom is -0.478 e. The Hall–Kier alpha value is -2.10. The maximum atomic E-state index is 10.7. The number of rotatable bonds is 3. The predicted octanol–water partition coefficient (Wildman–Crippen LogP) is 1.18. The quantitative estimate of drug-likeness (QED) is 0.427. The summed E-state index contributed by atoms with van der Waals surface area (Å²) in [5.74, 6) is -1.08. The fourth-order valence-electron chi connectivity index (χ4n) is 1.06. The van der Waals surface area contributed by atoms with Gasteiger partial charge in [0.25, 0.3) is 0 Å². The van der Waals surface area contributed by atoms with Gasteiger partial charge in [-0.2, -0.15) is 0 Å². The van der Waals surface area contributed by atoms with Crippen LogP contribution in [0.2, 0.25) is 0 Å². The van der Waals surface area contributed by atoms with Crippen LogP contribution in [0.15, 0.2) is 24.3 Å².